The third-order valence-corrected chi connectivity index (χ3v) is 3.54. The zero-order valence-electron chi connectivity index (χ0n) is 11.4. The Labute approximate surface area is 113 Å². The molecule has 1 aromatic carbocycles. The zero-order chi connectivity index (χ0) is 13.8. The molecular weight excluding hydrogens is 242 g/mol. The highest BCUT2D eigenvalue weighted by Gasteiger charge is 2.34. The van der Waals surface area contributed by atoms with E-state index >= 15 is 0 Å². The van der Waals surface area contributed by atoms with E-state index in [1.54, 1.807) is 4.90 Å². The summed E-state index contributed by atoms with van der Waals surface area (Å²) >= 11 is 0. The quantitative estimate of drug-likeness (QED) is 0.773. The molecule has 1 fully saturated rings. The molecule has 1 amide bonds. The lowest BCUT2D eigenvalue weighted by molar-refractivity contribution is -0.145. The molecule has 1 aliphatic heterocycles. The van der Waals surface area contributed by atoms with Crippen LogP contribution in [0.25, 0.3) is 0 Å². The third kappa shape index (κ3) is 3.34. The summed E-state index contributed by atoms with van der Waals surface area (Å²) in [5, 5.41) is 0. The SMILES string of the molecule is COC(=O)C1CC(=O)N(CCc2ccc(C)cc2)C1. The highest BCUT2D eigenvalue weighted by molar-refractivity contribution is 5.86. The summed E-state index contributed by atoms with van der Waals surface area (Å²) in [6.07, 6.45) is 1.10. The first-order chi connectivity index (χ1) is 9.10. The second-order valence-corrected chi connectivity index (χ2v) is 5.00. The Morgan fingerprint density at radius 2 is 2.05 bits per heavy atom. The molecule has 4 nitrogen and oxygen atoms in total. The van der Waals surface area contributed by atoms with Crippen molar-refractivity contribution in [2.24, 2.45) is 5.92 Å². The number of nitrogens with zero attached hydrogens (tertiary/aromatic N) is 1. The standard InChI is InChI=1S/C15H19NO3/c1-11-3-5-12(6-4-11)7-8-16-10-13(9-14(16)17)15(18)19-2/h3-6,13H,7-10H2,1-2H3. The van der Waals surface area contributed by atoms with E-state index in [2.05, 4.69) is 35.9 Å². The Morgan fingerprint density at radius 1 is 1.37 bits per heavy atom. The van der Waals surface area contributed by atoms with E-state index in [1.807, 2.05) is 0 Å². The average molecular weight is 261 g/mol. The van der Waals surface area contributed by atoms with E-state index < -0.39 is 0 Å². The predicted octanol–water partition coefficient (Wildman–Crippen LogP) is 1.56. The molecule has 102 valence electrons. The minimum Gasteiger partial charge on any atom is -0.469 e. The number of amides is 1. The normalized spacial score (nSPS) is 18.7. The monoisotopic (exact) mass is 261 g/mol. The van der Waals surface area contributed by atoms with E-state index in [0.717, 1.165) is 6.42 Å². The molecule has 2 rings (SSSR count). The second kappa shape index (κ2) is 5.87. The van der Waals surface area contributed by atoms with Crippen molar-refractivity contribution in [3.63, 3.8) is 0 Å². The number of rotatable bonds is 4. The van der Waals surface area contributed by atoms with Crippen molar-refractivity contribution in [3.8, 4) is 0 Å². The van der Waals surface area contributed by atoms with Gasteiger partial charge in [-0.15, -0.1) is 0 Å². The molecular formula is C15H19NO3. The van der Waals surface area contributed by atoms with Gasteiger partial charge in [-0.2, -0.15) is 0 Å². The summed E-state index contributed by atoms with van der Waals surface area (Å²) in [6, 6.07) is 8.29. The fraction of sp³-hybridized carbons (Fsp3) is 0.467. The van der Waals surface area contributed by atoms with Crippen molar-refractivity contribution in [1.82, 2.24) is 4.90 Å². The summed E-state index contributed by atoms with van der Waals surface area (Å²) in [5.41, 5.74) is 2.44. The average Bonchev–Trinajstić information content (AvgIpc) is 2.79. The van der Waals surface area contributed by atoms with Crippen LogP contribution < -0.4 is 0 Å². The maximum atomic E-state index is 11.8. The highest BCUT2D eigenvalue weighted by Crippen LogP contribution is 2.19. The van der Waals surface area contributed by atoms with Gasteiger partial charge in [-0.05, 0) is 18.9 Å². The minimum atomic E-state index is -0.296. The third-order valence-electron chi connectivity index (χ3n) is 3.54. The van der Waals surface area contributed by atoms with Gasteiger partial charge in [-0.3, -0.25) is 9.59 Å². The van der Waals surface area contributed by atoms with Crippen LogP contribution in [0.5, 0.6) is 0 Å². The summed E-state index contributed by atoms with van der Waals surface area (Å²) in [6.45, 7) is 3.20. The molecule has 1 heterocycles. The van der Waals surface area contributed by atoms with E-state index in [-0.39, 0.29) is 24.2 Å². The number of methoxy groups -OCH3 is 1. The van der Waals surface area contributed by atoms with Crippen molar-refractivity contribution < 1.29 is 14.3 Å². The van der Waals surface area contributed by atoms with Crippen LogP contribution in [0, 0.1) is 12.8 Å². The van der Waals surface area contributed by atoms with E-state index in [9.17, 15) is 9.59 Å². The molecule has 0 aliphatic carbocycles. The first-order valence-corrected chi connectivity index (χ1v) is 6.51. The molecule has 1 aliphatic rings. The second-order valence-electron chi connectivity index (χ2n) is 5.00. The summed E-state index contributed by atoms with van der Waals surface area (Å²) in [4.78, 5) is 25.0. The fourth-order valence-electron chi connectivity index (χ4n) is 2.33. The number of benzene rings is 1. The van der Waals surface area contributed by atoms with Gasteiger partial charge >= 0.3 is 5.97 Å². The number of carbonyl (C=O) groups is 2. The number of esters is 1. The van der Waals surface area contributed by atoms with Gasteiger partial charge in [0.1, 0.15) is 0 Å². The molecule has 19 heavy (non-hydrogen) atoms. The molecule has 0 saturated carbocycles. The smallest absolute Gasteiger partial charge is 0.310 e. The fourth-order valence-corrected chi connectivity index (χ4v) is 2.33. The topological polar surface area (TPSA) is 46.6 Å². The largest absolute Gasteiger partial charge is 0.469 e. The molecule has 0 spiro atoms. The van der Waals surface area contributed by atoms with Gasteiger partial charge < -0.3 is 9.64 Å². The van der Waals surface area contributed by atoms with Gasteiger partial charge in [0.25, 0.3) is 0 Å². The van der Waals surface area contributed by atoms with Crippen LogP contribution in [0.3, 0.4) is 0 Å². The molecule has 1 unspecified atom stereocenters. The van der Waals surface area contributed by atoms with Gasteiger partial charge in [-0.25, -0.2) is 0 Å². The molecule has 1 atom stereocenters. The molecule has 4 heteroatoms. The number of likely N-dealkylation sites (tertiary alicyclic amines) is 1. The van der Waals surface area contributed by atoms with Crippen LogP contribution in [0.4, 0.5) is 0 Å². The molecule has 0 radical (unpaired) electrons. The maximum Gasteiger partial charge on any atom is 0.310 e. The Morgan fingerprint density at radius 3 is 2.68 bits per heavy atom. The first-order valence-electron chi connectivity index (χ1n) is 6.51. The Hall–Kier alpha value is -1.84. The molecule has 0 N–H and O–H groups in total. The molecule has 1 saturated heterocycles. The van der Waals surface area contributed by atoms with Crippen molar-refractivity contribution >= 4 is 11.9 Å². The Bertz CT molecular complexity index is 467. The Balaban J connectivity index is 1.88. The van der Waals surface area contributed by atoms with Crippen LogP contribution in [0.15, 0.2) is 24.3 Å². The lowest BCUT2D eigenvalue weighted by Crippen LogP contribution is -2.28. The van der Waals surface area contributed by atoms with Crippen LogP contribution in [0.1, 0.15) is 17.5 Å². The van der Waals surface area contributed by atoms with E-state index in [0.29, 0.717) is 13.1 Å². The first kappa shape index (κ1) is 13.6. The molecule has 0 aromatic heterocycles. The summed E-state index contributed by atoms with van der Waals surface area (Å²) in [5.74, 6) is -0.538. The van der Waals surface area contributed by atoms with Crippen LogP contribution in [0.2, 0.25) is 0 Å². The van der Waals surface area contributed by atoms with Crippen molar-refractivity contribution in [1.29, 1.82) is 0 Å². The summed E-state index contributed by atoms with van der Waals surface area (Å²) < 4.78 is 4.69. The lowest BCUT2D eigenvalue weighted by Gasteiger charge is -2.16. The number of hydrogen-bond donors (Lipinski definition) is 0. The molecule has 0 bridgehead atoms. The van der Waals surface area contributed by atoms with Gasteiger partial charge in [0.15, 0.2) is 0 Å². The van der Waals surface area contributed by atoms with Gasteiger partial charge in [0, 0.05) is 19.5 Å². The zero-order valence-corrected chi connectivity index (χ0v) is 11.4. The van der Waals surface area contributed by atoms with Crippen LogP contribution >= 0.6 is 0 Å². The number of ether oxygens (including phenoxy) is 1. The highest BCUT2D eigenvalue weighted by atomic mass is 16.5. The van der Waals surface area contributed by atoms with E-state index in [1.165, 1.54) is 18.2 Å². The van der Waals surface area contributed by atoms with Gasteiger partial charge in [0.05, 0.1) is 13.0 Å². The number of carbonyl (C=O) groups excluding carboxylic acids is 2. The number of aryl methyl sites for hydroxylation is 1. The van der Waals surface area contributed by atoms with Crippen LogP contribution in [-0.4, -0.2) is 37.0 Å². The number of hydrogen-bond acceptors (Lipinski definition) is 3. The van der Waals surface area contributed by atoms with E-state index in [4.69, 9.17) is 0 Å². The molecule has 1 aromatic rings. The van der Waals surface area contributed by atoms with Gasteiger partial charge in [-0.1, -0.05) is 29.8 Å². The van der Waals surface area contributed by atoms with Crippen molar-refractivity contribution in [2.75, 3.05) is 20.2 Å². The minimum absolute atomic E-state index is 0.0440. The van der Waals surface area contributed by atoms with Gasteiger partial charge in [0.2, 0.25) is 5.91 Å². The summed E-state index contributed by atoms with van der Waals surface area (Å²) in [7, 11) is 1.36. The van der Waals surface area contributed by atoms with Crippen molar-refractivity contribution in [3.05, 3.63) is 35.4 Å². The lowest BCUT2D eigenvalue weighted by atomic mass is 10.1. The Kier molecular flexibility index (Phi) is 4.20. The predicted molar refractivity (Wildman–Crippen MR) is 71.6 cm³/mol. The van der Waals surface area contributed by atoms with Crippen LogP contribution in [-0.2, 0) is 20.7 Å². The maximum absolute atomic E-state index is 11.8. The van der Waals surface area contributed by atoms with Crippen molar-refractivity contribution in [2.45, 2.75) is 19.8 Å².